The number of nitrogens with two attached hydrogens (primary N) is 1. The number of aliphatic hydroxyl groups is 1. The molecule has 0 fully saturated rings. The molecular weight excluding hydrogens is 521 g/mol. The quantitative estimate of drug-likeness (QED) is 0.290. The van der Waals surface area contributed by atoms with E-state index in [0.717, 1.165) is 23.0 Å². The molecule has 1 aliphatic rings. The number of guanidine groups is 1. The maximum Gasteiger partial charge on any atom is 0.193 e. The van der Waals surface area contributed by atoms with Gasteiger partial charge in [-0.05, 0) is 70.9 Å². The number of rotatable bonds is 6. The molecule has 0 radical (unpaired) electrons. The number of nitrogens with zero attached hydrogens (tertiary/aromatic N) is 1. The number of para-hydroxylation sites is 1. The number of hydrogen-bond acceptors (Lipinski definition) is 3. The molecule has 7 heteroatoms. The Hall–Kier alpha value is -1.32. The van der Waals surface area contributed by atoms with Crippen LogP contribution in [0.25, 0.3) is 0 Å². The summed E-state index contributed by atoms with van der Waals surface area (Å²) >= 11 is 3.41. The molecule has 0 saturated carbocycles. The first kappa shape index (κ1) is 22.0. The summed E-state index contributed by atoms with van der Waals surface area (Å²) in [7, 11) is 0. The Morgan fingerprint density at radius 2 is 1.96 bits per heavy atom. The van der Waals surface area contributed by atoms with Crippen LogP contribution >= 0.6 is 39.9 Å². The van der Waals surface area contributed by atoms with E-state index in [1.807, 2.05) is 36.4 Å². The molecule has 0 heterocycles. The molecule has 0 amide bonds. The van der Waals surface area contributed by atoms with Gasteiger partial charge in [-0.1, -0.05) is 24.3 Å². The Morgan fingerprint density at radius 1 is 1.19 bits per heavy atom. The standard InChI is InChI=1S/C20H24BrN3O2.HI/c21-17-9-3-4-11-19(17)26-13-15(25)12-23-20(22)24-18-10-5-7-14-6-1-2-8-16(14)18;/h3-5,7,9-11,15,25H,1-2,6,8,12-13H2,(H3,22,23,24);1H. The van der Waals surface area contributed by atoms with Gasteiger partial charge in [0.25, 0.3) is 0 Å². The van der Waals surface area contributed by atoms with Gasteiger partial charge in [-0.15, -0.1) is 24.0 Å². The van der Waals surface area contributed by atoms with Gasteiger partial charge in [-0.2, -0.15) is 0 Å². The van der Waals surface area contributed by atoms with Gasteiger partial charge in [0.15, 0.2) is 5.96 Å². The van der Waals surface area contributed by atoms with E-state index in [2.05, 4.69) is 32.3 Å². The zero-order valence-electron chi connectivity index (χ0n) is 15.0. The largest absolute Gasteiger partial charge is 0.490 e. The number of aliphatic hydroxyl groups excluding tert-OH is 1. The molecule has 1 unspecified atom stereocenters. The number of benzene rings is 2. The molecule has 1 aliphatic carbocycles. The van der Waals surface area contributed by atoms with Crippen molar-refractivity contribution in [3.8, 4) is 5.75 Å². The third kappa shape index (κ3) is 6.36. The molecule has 3 rings (SSSR count). The molecule has 0 saturated heterocycles. The molecular formula is C20H25BrIN3O2. The molecule has 0 aliphatic heterocycles. The van der Waals surface area contributed by atoms with E-state index in [1.165, 1.54) is 24.0 Å². The number of nitrogens with one attached hydrogen (secondary N) is 1. The van der Waals surface area contributed by atoms with Crippen LogP contribution in [0.1, 0.15) is 24.0 Å². The fraction of sp³-hybridized carbons (Fsp3) is 0.350. The van der Waals surface area contributed by atoms with Crippen LogP contribution < -0.4 is 15.8 Å². The van der Waals surface area contributed by atoms with Crippen molar-refractivity contribution in [1.82, 2.24) is 0 Å². The highest BCUT2D eigenvalue weighted by molar-refractivity contribution is 14.0. The minimum absolute atomic E-state index is 0. The SMILES string of the molecule is I.NC(=NCC(O)COc1ccccc1Br)Nc1cccc2c1CCCC2. The molecule has 0 aromatic heterocycles. The summed E-state index contributed by atoms with van der Waals surface area (Å²) in [6.07, 6.45) is 3.89. The lowest BCUT2D eigenvalue weighted by Gasteiger charge is -2.20. The summed E-state index contributed by atoms with van der Waals surface area (Å²) in [4.78, 5) is 4.24. The van der Waals surface area contributed by atoms with Gasteiger partial charge in [-0.3, -0.25) is 4.99 Å². The number of ether oxygens (including phenoxy) is 1. The molecule has 2 aromatic rings. The predicted octanol–water partition coefficient (Wildman–Crippen LogP) is 4.11. The van der Waals surface area contributed by atoms with E-state index < -0.39 is 6.10 Å². The van der Waals surface area contributed by atoms with Crippen molar-refractivity contribution in [3.63, 3.8) is 0 Å². The Kier molecular flexibility index (Phi) is 8.85. The summed E-state index contributed by atoms with van der Waals surface area (Å²) in [6.45, 7) is 0.332. The molecule has 5 nitrogen and oxygen atoms in total. The highest BCUT2D eigenvalue weighted by Gasteiger charge is 2.13. The summed E-state index contributed by atoms with van der Waals surface area (Å²) in [5, 5.41) is 13.3. The van der Waals surface area contributed by atoms with Crippen molar-refractivity contribution in [2.24, 2.45) is 10.7 Å². The van der Waals surface area contributed by atoms with E-state index in [9.17, 15) is 5.11 Å². The number of fused-ring (bicyclic) bond motifs is 1. The monoisotopic (exact) mass is 545 g/mol. The first-order valence-electron chi connectivity index (χ1n) is 8.86. The maximum atomic E-state index is 10.1. The van der Waals surface area contributed by atoms with Crippen molar-refractivity contribution >= 4 is 51.6 Å². The summed E-state index contributed by atoms with van der Waals surface area (Å²) < 4.78 is 6.45. The minimum atomic E-state index is -0.729. The van der Waals surface area contributed by atoms with Gasteiger partial charge in [0.2, 0.25) is 0 Å². The fourth-order valence-corrected chi connectivity index (χ4v) is 3.48. The third-order valence-corrected chi connectivity index (χ3v) is 5.05. The van der Waals surface area contributed by atoms with Gasteiger partial charge in [0, 0.05) is 5.69 Å². The van der Waals surface area contributed by atoms with Crippen molar-refractivity contribution in [1.29, 1.82) is 0 Å². The second-order valence-corrected chi connectivity index (χ2v) is 7.25. The van der Waals surface area contributed by atoms with Crippen molar-refractivity contribution in [2.75, 3.05) is 18.5 Å². The lowest BCUT2D eigenvalue weighted by molar-refractivity contribution is 0.114. The zero-order valence-corrected chi connectivity index (χ0v) is 18.9. The van der Waals surface area contributed by atoms with E-state index >= 15 is 0 Å². The average Bonchev–Trinajstić information content (AvgIpc) is 2.66. The Balaban J connectivity index is 0.00000261. The number of anilines is 1. The number of hydrogen-bond donors (Lipinski definition) is 3. The molecule has 4 N–H and O–H groups in total. The predicted molar refractivity (Wildman–Crippen MR) is 124 cm³/mol. The van der Waals surface area contributed by atoms with Crippen molar-refractivity contribution < 1.29 is 9.84 Å². The third-order valence-electron chi connectivity index (χ3n) is 4.40. The van der Waals surface area contributed by atoms with Gasteiger partial charge >= 0.3 is 0 Å². The van der Waals surface area contributed by atoms with Gasteiger partial charge in [0.05, 0.1) is 11.0 Å². The van der Waals surface area contributed by atoms with E-state index in [-0.39, 0.29) is 37.1 Å². The van der Waals surface area contributed by atoms with E-state index in [4.69, 9.17) is 10.5 Å². The van der Waals surface area contributed by atoms with Crippen LogP contribution in [0.3, 0.4) is 0 Å². The number of aliphatic imine (C=N–C) groups is 1. The first-order valence-corrected chi connectivity index (χ1v) is 9.66. The molecule has 27 heavy (non-hydrogen) atoms. The smallest absolute Gasteiger partial charge is 0.193 e. The van der Waals surface area contributed by atoms with Crippen LogP contribution in [0.4, 0.5) is 5.69 Å². The lowest BCUT2D eigenvalue weighted by Crippen LogP contribution is -2.27. The fourth-order valence-electron chi connectivity index (χ4n) is 3.08. The lowest BCUT2D eigenvalue weighted by atomic mass is 9.90. The normalized spacial score (nSPS) is 14.7. The van der Waals surface area contributed by atoms with Crippen LogP contribution in [0.5, 0.6) is 5.75 Å². The second kappa shape index (κ2) is 10.9. The van der Waals surface area contributed by atoms with E-state index in [0.29, 0.717) is 11.7 Å². The van der Waals surface area contributed by atoms with E-state index in [1.54, 1.807) is 0 Å². The topological polar surface area (TPSA) is 79.9 Å². The average molecular weight is 546 g/mol. The Labute approximate surface area is 185 Å². The van der Waals surface area contributed by atoms with Crippen LogP contribution in [0, 0.1) is 0 Å². The van der Waals surface area contributed by atoms with Crippen molar-refractivity contribution in [3.05, 3.63) is 58.1 Å². The summed E-state index contributed by atoms with van der Waals surface area (Å²) in [6, 6.07) is 13.8. The highest BCUT2D eigenvalue weighted by Crippen LogP contribution is 2.27. The molecule has 0 spiro atoms. The van der Waals surface area contributed by atoms with Crippen molar-refractivity contribution in [2.45, 2.75) is 31.8 Å². The molecule has 146 valence electrons. The van der Waals surface area contributed by atoms with Gasteiger partial charge < -0.3 is 20.9 Å². The van der Waals surface area contributed by atoms with Crippen LogP contribution in [-0.4, -0.2) is 30.3 Å². The molecule has 2 aromatic carbocycles. The zero-order chi connectivity index (χ0) is 18.4. The molecule has 1 atom stereocenters. The highest BCUT2D eigenvalue weighted by atomic mass is 127. The summed E-state index contributed by atoms with van der Waals surface area (Å²) in [5.41, 5.74) is 9.73. The number of aryl methyl sites for hydroxylation is 1. The number of halogens is 2. The van der Waals surface area contributed by atoms with Crippen LogP contribution in [0.2, 0.25) is 0 Å². The second-order valence-electron chi connectivity index (χ2n) is 6.40. The van der Waals surface area contributed by atoms with Gasteiger partial charge in [0.1, 0.15) is 18.5 Å². The molecule has 0 bridgehead atoms. The first-order chi connectivity index (χ1) is 12.6. The summed E-state index contributed by atoms with van der Waals surface area (Å²) in [5.74, 6) is 1.00. The minimum Gasteiger partial charge on any atom is -0.490 e. The van der Waals surface area contributed by atoms with Gasteiger partial charge in [-0.25, -0.2) is 0 Å². The Bertz CT molecular complexity index is 786. The van der Waals surface area contributed by atoms with Crippen LogP contribution in [-0.2, 0) is 12.8 Å². The maximum absolute atomic E-state index is 10.1. The Morgan fingerprint density at radius 3 is 2.78 bits per heavy atom. The van der Waals surface area contributed by atoms with Crippen LogP contribution in [0.15, 0.2) is 51.9 Å².